The first kappa shape index (κ1) is 12.1. The highest BCUT2D eigenvalue weighted by Crippen LogP contribution is 2.31. The minimum atomic E-state index is -3.49. The van der Waals surface area contributed by atoms with Gasteiger partial charge in [-0.3, -0.25) is 4.84 Å². The van der Waals surface area contributed by atoms with Crippen molar-refractivity contribution in [2.45, 2.75) is 11.1 Å². The average Bonchev–Trinajstić information content (AvgIpc) is 2.46. The quantitative estimate of drug-likeness (QED) is 0.802. The number of nitrogens with zero attached hydrogens (tertiary/aromatic N) is 1. The third kappa shape index (κ3) is 2.17. The van der Waals surface area contributed by atoms with Crippen LogP contribution >= 0.6 is 27.3 Å². The van der Waals surface area contributed by atoms with Crippen LogP contribution in [0.15, 0.2) is 14.1 Å². The molecule has 1 rings (SSSR count). The largest absolute Gasteiger partial charge is 0.288 e. The third-order valence-corrected chi connectivity index (χ3v) is 5.95. The maximum Gasteiger partial charge on any atom is 0.274 e. The molecule has 0 spiro atoms. The van der Waals surface area contributed by atoms with Crippen LogP contribution in [0.3, 0.4) is 0 Å². The lowest BCUT2D eigenvalue weighted by atomic mass is 10.4. The number of aryl methyl sites for hydroxylation is 1. The molecule has 4 nitrogen and oxygen atoms in total. The molecule has 0 atom stereocenters. The smallest absolute Gasteiger partial charge is 0.274 e. The van der Waals surface area contributed by atoms with E-state index in [-0.39, 0.29) is 4.21 Å². The van der Waals surface area contributed by atoms with E-state index in [2.05, 4.69) is 20.8 Å². The summed E-state index contributed by atoms with van der Waals surface area (Å²) in [5.74, 6) is 0. The van der Waals surface area contributed by atoms with E-state index in [4.69, 9.17) is 0 Å². The Balaban J connectivity index is 3.17. The molecule has 0 aliphatic carbocycles. The molecule has 0 unspecified atom stereocenters. The van der Waals surface area contributed by atoms with Crippen molar-refractivity contribution in [1.29, 1.82) is 0 Å². The highest BCUT2D eigenvalue weighted by molar-refractivity contribution is 9.11. The van der Waals surface area contributed by atoms with E-state index in [9.17, 15) is 8.42 Å². The van der Waals surface area contributed by atoms with Gasteiger partial charge in [-0.2, -0.15) is 0 Å². The van der Waals surface area contributed by atoms with Crippen LogP contribution in [0.4, 0.5) is 0 Å². The Bertz CT molecular complexity index is 407. The Morgan fingerprint density at radius 1 is 1.57 bits per heavy atom. The number of sulfonamides is 1. The van der Waals surface area contributed by atoms with Gasteiger partial charge in [-0.15, -0.1) is 11.3 Å². The van der Waals surface area contributed by atoms with Crippen LogP contribution in [0.25, 0.3) is 0 Å². The summed E-state index contributed by atoms with van der Waals surface area (Å²) in [4.78, 5) is 4.66. The van der Waals surface area contributed by atoms with E-state index in [0.717, 1.165) is 13.8 Å². The molecule has 14 heavy (non-hydrogen) atoms. The molecule has 0 fully saturated rings. The summed E-state index contributed by atoms with van der Waals surface area (Å²) in [6.45, 7) is 1.84. The number of hydroxylamine groups is 1. The van der Waals surface area contributed by atoms with Gasteiger partial charge in [0.2, 0.25) is 0 Å². The molecule has 0 N–H and O–H groups in total. The van der Waals surface area contributed by atoms with Gasteiger partial charge < -0.3 is 0 Å². The fraction of sp³-hybridized carbons (Fsp3) is 0.429. The van der Waals surface area contributed by atoms with Gasteiger partial charge in [0.05, 0.1) is 10.9 Å². The van der Waals surface area contributed by atoms with Gasteiger partial charge in [0.25, 0.3) is 10.0 Å². The Morgan fingerprint density at radius 3 is 2.50 bits per heavy atom. The molecular weight excluding hydrogens is 290 g/mol. The van der Waals surface area contributed by atoms with Gasteiger partial charge in [-0.05, 0) is 34.5 Å². The molecular formula is C7H10BrNO3S2. The molecule has 7 heteroatoms. The maximum atomic E-state index is 11.7. The van der Waals surface area contributed by atoms with Crippen LogP contribution < -0.4 is 0 Å². The van der Waals surface area contributed by atoms with Crippen molar-refractivity contribution in [1.82, 2.24) is 4.47 Å². The Hall–Kier alpha value is 0.0500. The van der Waals surface area contributed by atoms with Gasteiger partial charge in [0.1, 0.15) is 4.21 Å². The average molecular weight is 300 g/mol. The second-order valence-corrected chi connectivity index (χ2v) is 7.15. The molecule has 1 aromatic rings. The van der Waals surface area contributed by atoms with E-state index in [1.54, 1.807) is 6.07 Å². The van der Waals surface area contributed by atoms with Gasteiger partial charge in [-0.1, -0.05) is 4.47 Å². The first-order valence-corrected chi connectivity index (χ1v) is 6.73. The standard InChI is InChI=1S/C7H10BrNO3S2/c1-5-4-6(13-7(5)8)14(10,11)9(2)12-3/h4H,1-3H3. The van der Waals surface area contributed by atoms with Crippen LogP contribution in [0.2, 0.25) is 0 Å². The summed E-state index contributed by atoms with van der Waals surface area (Å²) >= 11 is 4.45. The summed E-state index contributed by atoms with van der Waals surface area (Å²) in [6, 6.07) is 1.61. The summed E-state index contributed by atoms with van der Waals surface area (Å²) in [5, 5.41) is 0. The lowest BCUT2D eigenvalue weighted by Crippen LogP contribution is -2.24. The molecule has 0 aliphatic heterocycles. The van der Waals surface area contributed by atoms with E-state index >= 15 is 0 Å². The molecule has 0 aliphatic rings. The Kier molecular flexibility index (Phi) is 3.70. The molecule has 0 saturated carbocycles. The monoisotopic (exact) mass is 299 g/mol. The van der Waals surface area contributed by atoms with E-state index < -0.39 is 10.0 Å². The van der Waals surface area contributed by atoms with E-state index in [0.29, 0.717) is 0 Å². The van der Waals surface area contributed by atoms with Crippen molar-refractivity contribution < 1.29 is 13.3 Å². The fourth-order valence-electron chi connectivity index (χ4n) is 0.784. The molecule has 0 aromatic carbocycles. The van der Waals surface area contributed by atoms with Crippen molar-refractivity contribution >= 4 is 37.3 Å². The van der Waals surface area contributed by atoms with Gasteiger partial charge >= 0.3 is 0 Å². The van der Waals surface area contributed by atoms with Crippen LogP contribution in [0.1, 0.15) is 5.56 Å². The van der Waals surface area contributed by atoms with Gasteiger partial charge in [-0.25, -0.2) is 8.42 Å². The third-order valence-electron chi connectivity index (χ3n) is 1.68. The lowest BCUT2D eigenvalue weighted by molar-refractivity contribution is -0.0256. The van der Waals surface area contributed by atoms with Gasteiger partial charge in [0.15, 0.2) is 0 Å². The molecule has 0 bridgehead atoms. The van der Waals surface area contributed by atoms with Crippen LogP contribution in [-0.4, -0.2) is 27.0 Å². The summed E-state index contributed by atoms with van der Waals surface area (Å²) in [6.07, 6.45) is 0. The Morgan fingerprint density at radius 2 is 2.14 bits per heavy atom. The normalized spacial score (nSPS) is 12.4. The minimum absolute atomic E-state index is 0.270. The maximum absolute atomic E-state index is 11.7. The predicted octanol–water partition coefficient (Wildman–Crippen LogP) is 2.00. The number of hydrogen-bond donors (Lipinski definition) is 0. The summed E-state index contributed by atoms with van der Waals surface area (Å²) in [7, 11) is -0.819. The van der Waals surface area contributed by atoms with E-state index in [1.807, 2.05) is 6.92 Å². The summed E-state index contributed by atoms with van der Waals surface area (Å²) < 4.78 is 25.4. The van der Waals surface area contributed by atoms with Crippen LogP contribution in [0, 0.1) is 6.92 Å². The molecule has 0 saturated heterocycles. The molecule has 0 amide bonds. The second-order valence-electron chi connectivity index (χ2n) is 2.62. The second kappa shape index (κ2) is 4.28. The van der Waals surface area contributed by atoms with Gasteiger partial charge in [0, 0.05) is 7.05 Å². The number of halogens is 1. The molecule has 80 valence electrons. The first-order valence-electron chi connectivity index (χ1n) is 3.68. The first-order chi connectivity index (χ1) is 6.39. The SMILES string of the molecule is CON(C)S(=O)(=O)c1cc(C)c(Br)s1. The van der Waals surface area contributed by atoms with Crippen molar-refractivity contribution in [3.05, 3.63) is 15.4 Å². The van der Waals surface area contributed by atoms with Crippen LogP contribution in [-0.2, 0) is 14.9 Å². The highest BCUT2D eigenvalue weighted by Gasteiger charge is 2.23. The zero-order valence-corrected chi connectivity index (χ0v) is 11.2. The number of hydrogen-bond acceptors (Lipinski definition) is 4. The van der Waals surface area contributed by atoms with E-state index in [1.165, 1.54) is 25.5 Å². The fourth-order valence-corrected chi connectivity index (χ4v) is 4.14. The predicted molar refractivity (Wildman–Crippen MR) is 58.7 cm³/mol. The summed E-state index contributed by atoms with van der Waals surface area (Å²) in [5.41, 5.74) is 0.901. The minimum Gasteiger partial charge on any atom is -0.288 e. The molecule has 0 radical (unpaired) electrons. The molecule has 1 aromatic heterocycles. The van der Waals surface area contributed by atoms with Crippen LogP contribution in [0.5, 0.6) is 0 Å². The number of rotatable bonds is 3. The van der Waals surface area contributed by atoms with Crippen molar-refractivity contribution in [2.75, 3.05) is 14.2 Å². The molecule has 1 heterocycles. The zero-order valence-electron chi connectivity index (χ0n) is 7.94. The Labute approximate surface area is 95.6 Å². The lowest BCUT2D eigenvalue weighted by Gasteiger charge is -2.11. The van der Waals surface area contributed by atoms with Crippen molar-refractivity contribution in [2.24, 2.45) is 0 Å². The highest BCUT2D eigenvalue weighted by atomic mass is 79.9. The topological polar surface area (TPSA) is 46.6 Å². The number of thiophene rings is 1. The zero-order chi connectivity index (χ0) is 10.9. The van der Waals surface area contributed by atoms with Crippen molar-refractivity contribution in [3.63, 3.8) is 0 Å². The van der Waals surface area contributed by atoms with Crippen molar-refractivity contribution in [3.8, 4) is 0 Å².